The fourth-order valence-electron chi connectivity index (χ4n) is 1.54. The normalized spacial score (nSPS) is 12.7. The van der Waals surface area contributed by atoms with Crippen molar-refractivity contribution < 1.29 is 9.50 Å². The number of rotatable bonds is 3. The molecule has 90 valence electrons. The summed E-state index contributed by atoms with van der Waals surface area (Å²) in [7, 11) is 0. The lowest BCUT2D eigenvalue weighted by Crippen LogP contribution is -2.01. The Bertz CT molecular complexity index is 509. The Morgan fingerprint density at radius 1 is 1.35 bits per heavy atom. The van der Waals surface area contributed by atoms with Gasteiger partial charge in [-0.2, -0.15) is 0 Å². The van der Waals surface area contributed by atoms with Gasteiger partial charge in [0.15, 0.2) is 0 Å². The van der Waals surface area contributed by atoms with E-state index in [2.05, 4.69) is 15.9 Å². The Kier molecular flexibility index (Phi) is 4.20. The molecule has 0 aliphatic carbocycles. The molecule has 1 nitrogen and oxygen atoms in total. The van der Waals surface area contributed by atoms with Crippen LogP contribution < -0.4 is 0 Å². The number of aliphatic hydroxyl groups excluding tert-OH is 1. The van der Waals surface area contributed by atoms with Gasteiger partial charge in [0.1, 0.15) is 5.82 Å². The first-order chi connectivity index (χ1) is 8.04. The molecule has 1 aromatic heterocycles. The molecule has 1 N–H and O–H groups in total. The summed E-state index contributed by atoms with van der Waals surface area (Å²) in [6.07, 6.45) is -0.287. The fraction of sp³-hybridized carbons (Fsp3) is 0.167. The second kappa shape index (κ2) is 5.48. The second-order valence-corrected chi connectivity index (χ2v) is 6.61. The molecule has 0 saturated heterocycles. The van der Waals surface area contributed by atoms with E-state index in [1.165, 1.54) is 12.1 Å². The minimum Gasteiger partial charge on any atom is -0.388 e. The molecule has 0 saturated carbocycles. The molecule has 1 atom stereocenters. The smallest absolute Gasteiger partial charge is 0.125 e. The van der Waals surface area contributed by atoms with E-state index in [1.54, 1.807) is 17.4 Å². The third-order valence-corrected chi connectivity index (χ3v) is 4.16. The predicted molar refractivity (Wildman–Crippen MR) is 72.1 cm³/mol. The van der Waals surface area contributed by atoms with Crippen LogP contribution in [0.5, 0.6) is 0 Å². The predicted octanol–water partition coefficient (Wildman–Crippen LogP) is 4.58. The largest absolute Gasteiger partial charge is 0.388 e. The fourth-order valence-corrected chi connectivity index (χ4v) is 3.29. The summed E-state index contributed by atoms with van der Waals surface area (Å²) in [5.41, 5.74) is 0.500. The summed E-state index contributed by atoms with van der Waals surface area (Å²) < 4.78 is 14.1. The summed E-state index contributed by atoms with van der Waals surface area (Å²) in [6, 6.07) is 7.96. The maximum absolute atomic E-state index is 13.1. The van der Waals surface area contributed by atoms with E-state index >= 15 is 0 Å². The zero-order valence-electron chi connectivity index (χ0n) is 8.66. The van der Waals surface area contributed by atoms with Crippen molar-refractivity contribution in [3.05, 3.63) is 55.4 Å². The molecule has 0 bridgehead atoms. The van der Waals surface area contributed by atoms with E-state index in [0.717, 1.165) is 8.66 Å². The van der Waals surface area contributed by atoms with E-state index in [-0.39, 0.29) is 0 Å². The SMILES string of the molecule is OC(Cc1ccc(Br)s1)c1cc(F)cc(Cl)c1. The average molecular weight is 336 g/mol. The highest BCUT2D eigenvalue weighted by Crippen LogP contribution is 2.28. The van der Waals surface area contributed by atoms with E-state index < -0.39 is 11.9 Å². The number of benzene rings is 1. The van der Waals surface area contributed by atoms with Crippen molar-refractivity contribution in [1.29, 1.82) is 0 Å². The first-order valence-electron chi connectivity index (χ1n) is 4.93. The monoisotopic (exact) mass is 334 g/mol. The lowest BCUT2D eigenvalue weighted by atomic mass is 10.1. The molecule has 0 spiro atoms. The summed E-state index contributed by atoms with van der Waals surface area (Å²) in [5, 5.41) is 10.3. The van der Waals surface area contributed by atoms with Crippen LogP contribution in [-0.2, 0) is 6.42 Å². The highest BCUT2D eigenvalue weighted by molar-refractivity contribution is 9.11. The van der Waals surface area contributed by atoms with E-state index in [9.17, 15) is 9.50 Å². The van der Waals surface area contributed by atoms with Crippen LogP contribution in [0.4, 0.5) is 4.39 Å². The standard InChI is InChI=1S/C12H9BrClFOS/c13-12-2-1-10(17-12)6-11(16)7-3-8(14)5-9(15)4-7/h1-5,11,16H,6H2. The molecule has 0 amide bonds. The van der Waals surface area contributed by atoms with Gasteiger partial charge in [-0.3, -0.25) is 0 Å². The first-order valence-corrected chi connectivity index (χ1v) is 6.91. The third-order valence-electron chi connectivity index (χ3n) is 2.29. The molecule has 0 radical (unpaired) electrons. The van der Waals surface area contributed by atoms with Gasteiger partial charge in [-0.15, -0.1) is 11.3 Å². The zero-order valence-corrected chi connectivity index (χ0v) is 11.8. The maximum Gasteiger partial charge on any atom is 0.125 e. The van der Waals surface area contributed by atoms with Gasteiger partial charge in [-0.1, -0.05) is 11.6 Å². The molecule has 0 aliphatic heterocycles. The first kappa shape index (κ1) is 13.0. The second-order valence-electron chi connectivity index (χ2n) is 3.63. The van der Waals surface area contributed by atoms with Crippen LogP contribution in [0.1, 0.15) is 16.5 Å². The van der Waals surface area contributed by atoms with Crippen molar-refractivity contribution in [3.63, 3.8) is 0 Å². The number of aliphatic hydroxyl groups is 1. The highest BCUT2D eigenvalue weighted by Gasteiger charge is 2.12. The lowest BCUT2D eigenvalue weighted by Gasteiger charge is -2.10. The quantitative estimate of drug-likeness (QED) is 0.870. The van der Waals surface area contributed by atoms with Crippen molar-refractivity contribution in [1.82, 2.24) is 0 Å². The van der Waals surface area contributed by atoms with Gasteiger partial charge in [0.2, 0.25) is 0 Å². The van der Waals surface area contributed by atoms with Gasteiger partial charge in [-0.25, -0.2) is 4.39 Å². The molecular weight excluding hydrogens is 327 g/mol. The average Bonchev–Trinajstić information content (AvgIpc) is 2.62. The number of thiophene rings is 1. The molecule has 2 aromatic rings. The molecular formula is C12H9BrClFOS. The van der Waals surface area contributed by atoms with Crippen LogP contribution in [0.25, 0.3) is 0 Å². The van der Waals surface area contributed by atoms with Gasteiger partial charge >= 0.3 is 0 Å². The molecule has 1 heterocycles. The van der Waals surface area contributed by atoms with Gasteiger partial charge in [0.05, 0.1) is 9.89 Å². The van der Waals surface area contributed by atoms with Crippen LogP contribution in [0.3, 0.4) is 0 Å². The molecule has 0 aliphatic rings. The third kappa shape index (κ3) is 3.52. The van der Waals surface area contributed by atoms with E-state index in [0.29, 0.717) is 17.0 Å². The van der Waals surface area contributed by atoms with Crippen molar-refractivity contribution >= 4 is 38.9 Å². The van der Waals surface area contributed by atoms with Crippen molar-refractivity contribution in [2.45, 2.75) is 12.5 Å². The van der Waals surface area contributed by atoms with E-state index in [4.69, 9.17) is 11.6 Å². The molecule has 0 fully saturated rings. The minimum absolute atomic E-state index is 0.298. The minimum atomic E-state index is -0.742. The topological polar surface area (TPSA) is 20.2 Å². The highest BCUT2D eigenvalue weighted by atomic mass is 79.9. The van der Waals surface area contributed by atoms with Crippen molar-refractivity contribution in [2.24, 2.45) is 0 Å². The Morgan fingerprint density at radius 2 is 2.12 bits per heavy atom. The number of hydrogen-bond donors (Lipinski definition) is 1. The summed E-state index contributed by atoms with van der Waals surface area (Å²) in [4.78, 5) is 1.03. The van der Waals surface area contributed by atoms with Crippen LogP contribution in [0.2, 0.25) is 5.02 Å². The van der Waals surface area contributed by atoms with Crippen LogP contribution in [0.15, 0.2) is 34.1 Å². The lowest BCUT2D eigenvalue weighted by molar-refractivity contribution is 0.179. The molecule has 1 aromatic carbocycles. The summed E-state index contributed by atoms with van der Waals surface area (Å²) in [6.45, 7) is 0. The van der Waals surface area contributed by atoms with E-state index in [1.807, 2.05) is 12.1 Å². The summed E-state index contributed by atoms with van der Waals surface area (Å²) in [5.74, 6) is -0.432. The van der Waals surface area contributed by atoms with Gasteiger partial charge < -0.3 is 5.11 Å². The zero-order chi connectivity index (χ0) is 12.4. The number of halogens is 3. The van der Waals surface area contributed by atoms with Crippen molar-refractivity contribution in [2.75, 3.05) is 0 Å². The van der Waals surface area contributed by atoms with Crippen molar-refractivity contribution in [3.8, 4) is 0 Å². The molecule has 17 heavy (non-hydrogen) atoms. The van der Waals surface area contributed by atoms with Crippen LogP contribution in [0, 0.1) is 5.82 Å². The molecule has 5 heteroatoms. The van der Waals surface area contributed by atoms with Gasteiger partial charge in [0, 0.05) is 16.3 Å². The van der Waals surface area contributed by atoms with Crippen LogP contribution in [-0.4, -0.2) is 5.11 Å². The van der Waals surface area contributed by atoms with Crippen LogP contribution >= 0.6 is 38.9 Å². The summed E-state index contributed by atoms with van der Waals surface area (Å²) >= 11 is 10.7. The van der Waals surface area contributed by atoms with Gasteiger partial charge in [-0.05, 0) is 51.8 Å². The Morgan fingerprint density at radius 3 is 2.71 bits per heavy atom. The molecule has 1 unspecified atom stereocenters. The Balaban J connectivity index is 2.16. The van der Waals surface area contributed by atoms with Gasteiger partial charge in [0.25, 0.3) is 0 Å². The molecule has 2 rings (SSSR count). The Labute approximate surface area is 116 Å². The number of hydrogen-bond acceptors (Lipinski definition) is 2. The Hall–Kier alpha value is -0.420. The maximum atomic E-state index is 13.1.